The third kappa shape index (κ3) is 8.17. The fraction of sp³-hybridized carbons (Fsp3) is 0.290. The zero-order valence-corrected chi connectivity index (χ0v) is 26.6. The highest BCUT2D eigenvalue weighted by Crippen LogP contribution is 2.37. The van der Waals surface area contributed by atoms with Crippen LogP contribution in [0.5, 0.6) is 5.75 Å². The van der Waals surface area contributed by atoms with Crippen LogP contribution in [0.1, 0.15) is 44.5 Å². The highest BCUT2D eigenvalue weighted by Gasteiger charge is 2.33. The molecule has 0 saturated carbocycles. The molecule has 0 aliphatic carbocycles. The predicted molar refractivity (Wildman–Crippen MR) is 172 cm³/mol. The topological polar surface area (TPSA) is 139 Å². The maximum Gasteiger partial charge on any atom is 0.187 e. The largest absolute Gasteiger partial charge is 0.491 e. The molecule has 1 unspecified atom stereocenters. The van der Waals surface area contributed by atoms with Crippen LogP contribution in [0.2, 0.25) is 5.02 Å². The zero-order valence-electron chi connectivity index (χ0n) is 24.2. The number of thiazole rings is 1. The number of halogens is 1. The van der Waals surface area contributed by atoms with Crippen molar-refractivity contribution in [2.24, 2.45) is 0 Å². The maximum absolute atomic E-state index is 10.1. The molecule has 1 saturated heterocycles. The summed E-state index contributed by atoms with van der Waals surface area (Å²) in [5.41, 5.74) is 9.36. The third-order valence-corrected chi connectivity index (χ3v) is 8.10. The average Bonchev–Trinajstić information content (AvgIpc) is 3.60. The summed E-state index contributed by atoms with van der Waals surface area (Å²) < 4.78 is 17.2. The summed E-state index contributed by atoms with van der Waals surface area (Å²) in [6.45, 7) is 8.52. The molecule has 1 aliphatic heterocycles. The molecular formula is C31H31ClN6O3S2. The summed E-state index contributed by atoms with van der Waals surface area (Å²) >= 11 is 8.86. The second-order valence-electron chi connectivity index (χ2n) is 9.50. The number of hydrogen-bond donors (Lipinski definition) is 2. The van der Waals surface area contributed by atoms with Crippen molar-refractivity contribution in [2.45, 2.75) is 50.4 Å². The molecule has 222 valence electrons. The molecule has 1 fully saturated rings. The number of nitriles is 2. The first-order chi connectivity index (χ1) is 20.7. The van der Waals surface area contributed by atoms with Crippen molar-refractivity contribution in [1.82, 2.24) is 9.97 Å². The number of rotatable bonds is 9. The quantitative estimate of drug-likeness (QED) is 0.175. The summed E-state index contributed by atoms with van der Waals surface area (Å²) in [6.07, 6.45) is -0.166. The number of nitrogens with two attached hydrogens (primary N) is 1. The molecule has 1 aliphatic rings. The molecule has 2 aromatic heterocycles. The molecule has 2 aromatic carbocycles. The van der Waals surface area contributed by atoms with Crippen LogP contribution in [0.3, 0.4) is 0 Å². The number of thioether (sulfide) groups is 1. The van der Waals surface area contributed by atoms with E-state index in [4.69, 9.17) is 31.5 Å². The molecule has 9 nitrogen and oxygen atoms in total. The van der Waals surface area contributed by atoms with E-state index in [1.165, 1.54) is 23.1 Å². The minimum absolute atomic E-state index is 0.0620. The predicted octanol–water partition coefficient (Wildman–Crippen LogP) is 7.78. The Kier molecular flexibility index (Phi) is 10.9. The second kappa shape index (κ2) is 14.6. The molecular weight excluding hydrogens is 604 g/mol. The minimum Gasteiger partial charge on any atom is -0.491 e. The van der Waals surface area contributed by atoms with Gasteiger partial charge in [0, 0.05) is 27.4 Å². The molecule has 12 heteroatoms. The second-order valence-corrected chi connectivity index (χ2v) is 11.8. The first-order valence-electron chi connectivity index (χ1n) is 13.5. The van der Waals surface area contributed by atoms with Gasteiger partial charge in [-0.2, -0.15) is 10.5 Å². The van der Waals surface area contributed by atoms with Crippen molar-refractivity contribution >= 4 is 51.3 Å². The average molecular weight is 635 g/mol. The van der Waals surface area contributed by atoms with Gasteiger partial charge in [0.15, 0.2) is 10.9 Å². The Balaban J connectivity index is 0.00000207. The standard InChI is InChI=1S/C29H25ClN6O3S2.C2H6/c1-29(2)38-14-22(39-29)13-37-21-8-6-17(7-9-21)25-23(11-31)26(33)36-27(24(25)12-32)40-15-20-16-41-28(35-20)34-19-5-3-4-18(30)10-19;1-2/h3-10,16,22H,13-15H2,1-2H3,(H2,33,36)(H,34,35);1-2H3. The monoisotopic (exact) mass is 634 g/mol. The Hall–Kier alpha value is -3.84. The van der Waals surface area contributed by atoms with Gasteiger partial charge >= 0.3 is 0 Å². The lowest BCUT2D eigenvalue weighted by molar-refractivity contribution is -0.141. The lowest BCUT2D eigenvalue weighted by Gasteiger charge is -2.17. The molecule has 3 heterocycles. The summed E-state index contributed by atoms with van der Waals surface area (Å²) in [5, 5.41) is 26.9. The van der Waals surface area contributed by atoms with Crippen LogP contribution >= 0.6 is 34.7 Å². The number of nitrogens with one attached hydrogen (secondary N) is 1. The van der Waals surface area contributed by atoms with Crippen molar-refractivity contribution in [3.05, 3.63) is 75.8 Å². The van der Waals surface area contributed by atoms with E-state index in [-0.39, 0.29) is 23.0 Å². The van der Waals surface area contributed by atoms with Crippen molar-refractivity contribution in [2.75, 3.05) is 24.3 Å². The first-order valence-corrected chi connectivity index (χ1v) is 15.8. The van der Waals surface area contributed by atoms with Crippen LogP contribution < -0.4 is 15.8 Å². The Bertz CT molecular complexity index is 1650. The number of benzene rings is 2. The van der Waals surface area contributed by atoms with Crippen molar-refractivity contribution < 1.29 is 14.2 Å². The number of nitrogen functional groups attached to an aromatic ring is 1. The highest BCUT2D eigenvalue weighted by molar-refractivity contribution is 7.98. The summed E-state index contributed by atoms with van der Waals surface area (Å²) in [5.74, 6) is 0.524. The summed E-state index contributed by atoms with van der Waals surface area (Å²) in [6, 6.07) is 18.9. The number of aromatic nitrogens is 2. The van der Waals surface area contributed by atoms with E-state index in [9.17, 15) is 10.5 Å². The van der Waals surface area contributed by atoms with E-state index in [2.05, 4.69) is 27.4 Å². The van der Waals surface area contributed by atoms with Gasteiger partial charge in [0.2, 0.25) is 0 Å². The Morgan fingerprint density at radius 2 is 1.88 bits per heavy atom. The Morgan fingerprint density at radius 1 is 1.14 bits per heavy atom. The van der Waals surface area contributed by atoms with Crippen LogP contribution in [0.4, 0.5) is 16.6 Å². The van der Waals surface area contributed by atoms with Crippen LogP contribution in [-0.2, 0) is 15.2 Å². The number of hydrogen-bond acceptors (Lipinski definition) is 11. The van der Waals surface area contributed by atoms with Gasteiger partial charge in [-0.05, 0) is 49.7 Å². The number of anilines is 3. The van der Waals surface area contributed by atoms with Crippen LogP contribution in [-0.4, -0.2) is 35.1 Å². The third-order valence-electron chi connectivity index (χ3n) is 6.05. The van der Waals surface area contributed by atoms with Gasteiger partial charge in [0.25, 0.3) is 0 Å². The number of nitrogens with zero attached hydrogens (tertiary/aromatic N) is 4. The minimum atomic E-state index is -0.619. The van der Waals surface area contributed by atoms with E-state index < -0.39 is 5.79 Å². The van der Waals surface area contributed by atoms with E-state index >= 15 is 0 Å². The molecule has 4 aromatic rings. The number of pyridine rings is 1. The maximum atomic E-state index is 10.1. The van der Waals surface area contributed by atoms with E-state index in [0.717, 1.165) is 16.5 Å². The van der Waals surface area contributed by atoms with Crippen molar-refractivity contribution in [3.8, 4) is 29.0 Å². The fourth-order valence-corrected chi connectivity index (χ4v) is 6.12. The summed E-state index contributed by atoms with van der Waals surface area (Å²) in [4.78, 5) is 9.02. The van der Waals surface area contributed by atoms with E-state index in [0.29, 0.717) is 45.9 Å². The normalized spacial score (nSPS) is 15.1. The Morgan fingerprint density at radius 3 is 2.53 bits per heavy atom. The molecule has 5 rings (SSSR count). The molecule has 0 bridgehead atoms. The van der Waals surface area contributed by atoms with Gasteiger partial charge in [-0.3, -0.25) is 0 Å². The van der Waals surface area contributed by atoms with Gasteiger partial charge in [0.1, 0.15) is 47.0 Å². The Labute approximate surface area is 264 Å². The fourth-order valence-electron chi connectivity index (χ4n) is 4.21. The van der Waals surface area contributed by atoms with Gasteiger partial charge < -0.3 is 25.3 Å². The molecule has 1 atom stereocenters. The molecule has 3 N–H and O–H groups in total. The highest BCUT2D eigenvalue weighted by atomic mass is 35.5. The molecule has 0 radical (unpaired) electrons. The van der Waals surface area contributed by atoms with Gasteiger partial charge in [0.05, 0.1) is 17.9 Å². The van der Waals surface area contributed by atoms with Crippen LogP contribution in [0.25, 0.3) is 11.1 Å². The first kappa shape index (κ1) is 32.1. The smallest absolute Gasteiger partial charge is 0.187 e. The van der Waals surface area contributed by atoms with E-state index in [1.54, 1.807) is 30.3 Å². The zero-order chi connectivity index (χ0) is 31.0. The van der Waals surface area contributed by atoms with Gasteiger partial charge in [-0.25, -0.2) is 9.97 Å². The lowest BCUT2D eigenvalue weighted by atomic mass is 9.97. The molecule has 0 spiro atoms. The lowest BCUT2D eigenvalue weighted by Crippen LogP contribution is -2.25. The van der Waals surface area contributed by atoms with Crippen molar-refractivity contribution in [1.29, 1.82) is 10.5 Å². The molecule has 43 heavy (non-hydrogen) atoms. The SMILES string of the molecule is CC.CC1(C)OCC(COc2ccc(-c3c(C#N)c(N)nc(SCc4csc(Nc5cccc(Cl)c5)n4)c3C#N)cc2)O1. The van der Waals surface area contributed by atoms with Crippen molar-refractivity contribution in [3.63, 3.8) is 0 Å². The van der Waals surface area contributed by atoms with Gasteiger partial charge in [-0.1, -0.05) is 55.4 Å². The van der Waals surface area contributed by atoms with Crippen LogP contribution in [0, 0.1) is 22.7 Å². The number of ether oxygens (including phenoxy) is 3. The summed E-state index contributed by atoms with van der Waals surface area (Å²) in [7, 11) is 0. The van der Waals surface area contributed by atoms with E-state index in [1.807, 2.05) is 51.3 Å². The molecule has 0 amide bonds. The van der Waals surface area contributed by atoms with Crippen LogP contribution in [0.15, 0.2) is 58.9 Å². The van der Waals surface area contributed by atoms with Gasteiger partial charge in [-0.15, -0.1) is 11.3 Å².